The minimum absolute atomic E-state index is 0.233. The predicted octanol–water partition coefficient (Wildman–Crippen LogP) is 5.04. The van der Waals surface area contributed by atoms with Crippen molar-refractivity contribution in [2.45, 2.75) is 0 Å². The van der Waals surface area contributed by atoms with Crippen molar-refractivity contribution in [3.8, 4) is 5.69 Å². The molecule has 0 aliphatic heterocycles. The van der Waals surface area contributed by atoms with E-state index in [1.807, 2.05) is 41.2 Å². The van der Waals surface area contributed by atoms with Crippen molar-refractivity contribution in [1.82, 2.24) is 4.57 Å². The zero-order valence-electron chi connectivity index (χ0n) is 11.5. The Kier molecular flexibility index (Phi) is 4.18. The maximum absolute atomic E-state index is 12.3. The first-order valence-electron chi connectivity index (χ1n) is 6.63. The van der Waals surface area contributed by atoms with Gasteiger partial charge >= 0.3 is 0 Å². The van der Waals surface area contributed by atoms with Crippen LogP contribution < -0.4 is 5.32 Å². The summed E-state index contributed by atoms with van der Waals surface area (Å²) in [4.78, 5) is 12.3. The molecule has 0 aliphatic rings. The smallest absolute Gasteiger partial charge is 0.255 e. The van der Waals surface area contributed by atoms with Gasteiger partial charge in [-0.25, -0.2) is 0 Å². The van der Waals surface area contributed by atoms with E-state index in [0.717, 1.165) is 5.69 Å². The van der Waals surface area contributed by atoms with Gasteiger partial charge in [-0.05, 0) is 54.6 Å². The molecule has 0 aliphatic carbocycles. The summed E-state index contributed by atoms with van der Waals surface area (Å²) in [5.74, 6) is -0.233. The summed E-state index contributed by atoms with van der Waals surface area (Å²) in [6, 6.07) is 16.1. The number of halogens is 2. The molecular weight excluding hydrogens is 319 g/mol. The first-order chi connectivity index (χ1) is 10.6. The number of carbonyl (C=O) groups is 1. The molecule has 5 heteroatoms. The van der Waals surface area contributed by atoms with Gasteiger partial charge in [0.2, 0.25) is 0 Å². The minimum atomic E-state index is -0.233. The lowest BCUT2D eigenvalue weighted by molar-refractivity contribution is 0.102. The second kappa shape index (κ2) is 6.26. The van der Waals surface area contributed by atoms with Crippen LogP contribution in [0.25, 0.3) is 5.69 Å². The van der Waals surface area contributed by atoms with Gasteiger partial charge in [-0.2, -0.15) is 0 Å². The predicted molar refractivity (Wildman–Crippen MR) is 90.2 cm³/mol. The fourth-order valence-corrected chi connectivity index (χ4v) is 2.42. The average molecular weight is 331 g/mol. The van der Waals surface area contributed by atoms with Crippen LogP contribution in [0.4, 0.5) is 5.69 Å². The first kappa shape index (κ1) is 14.7. The second-order valence-electron chi connectivity index (χ2n) is 4.72. The number of nitrogens with zero attached hydrogens (tertiary/aromatic N) is 1. The Morgan fingerprint density at radius 2 is 1.64 bits per heavy atom. The van der Waals surface area contributed by atoms with E-state index in [4.69, 9.17) is 23.2 Å². The molecule has 3 aromatic rings. The molecule has 1 aromatic heterocycles. The molecule has 1 N–H and O–H groups in total. The number of hydrogen-bond donors (Lipinski definition) is 1. The van der Waals surface area contributed by atoms with Crippen LogP contribution in [0, 0.1) is 0 Å². The fourth-order valence-electron chi connectivity index (χ4n) is 2.08. The van der Waals surface area contributed by atoms with E-state index >= 15 is 0 Å². The van der Waals surface area contributed by atoms with E-state index in [9.17, 15) is 4.79 Å². The SMILES string of the molecule is O=C(Nc1cc(Cl)ccc1Cl)c1ccc(-n2cccc2)cc1. The van der Waals surface area contributed by atoms with Crippen molar-refractivity contribution < 1.29 is 4.79 Å². The molecular formula is C17H12Cl2N2O. The fraction of sp³-hybridized carbons (Fsp3) is 0. The van der Waals surface area contributed by atoms with Crippen LogP contribution in [-0.2, 0) is 0 Å². The third-order valence-electron chi connectivity index (χ3n) is 3.21. The number of anilines is 1. The summed E-state index contributed by atoms with van der Waals surface area (Å²) in [5.41, 5.74) is 2.03. The normalized spacial score (nSPS) is 10.5. The molecule has 1 heterocycles. The molecule has 2 aromatic carbocycles. The molecule has 3 nitrogen and oxygen atoms in total. The van der Waals surface area contributed by atoms with E-state index in [-0.39, 0.29) is 5.91 Å². The lowest BCUT2D eigenvalue weighted by atomic mass is 10.2. The summed E-state index contributed by atoms with van der Waals surface area (Å²) in [6.45, 7) is 0. The summed E-state index contributed by atoms with van der Waals surface area (Å²) >= 11 is 12.0. The Morgan fingerprint density at radius 3 is 2.32 bits per heavy atom. The molecule has 0 bridgehead atoms. The quantitative estimate of drug-likeness (QED) is 0.717. The van der Waals surface area contributed by atoms with E-state index in [2.05, 4.69) is 5.32 Å². The first-order valence-corrected chi connectivity index (χ1v) is 7.39. The van der Waals surface area contributed by atoms with Crippen LogP contribution in [0.3, 0.4) is 0 Å². The molecule has 0 saturated carbocycles. The van der Waals surface area contributed by atoms with Gasteiger partial charge in [0, 0.05) is 28.7 Å². The minimum Gasteiger partial charge on any atom is -0.324 e. The van der Waals surface area contributed by atoms with Crippen molar-refractivity contribution in [2.75, 3.05) is 5.32 Å². The molecule has 0 spiro atoms. The Labute approximate surface area is 138 Å². The molecule has 0 fully saturated rings. The Morgan fingerprint density at radius 1 is 0.955 bits per heavy atom. The molecule has 0 saturated heterocycles. The molecule has 0 unspecified atom stereocenters. The number of nitrogens with one attached hydrogen (secondary N) is 1. The van der Waals surface area contributed by atoms with Gasteiger partial charge in [0.05, 0.1) is 10.7 Å². The Bertz CT molecular complexity index is 796. The molecule has 110 valence electrons. The van der Waals surface area contributed by atoms with E-state index < -0.39 is 0 Å². The maximum atomic E-state index is 12.3. The third kappa shape index (κ3) is 3.16. The number of benzene rings is 2. The number of hydrogen-bond acceptors (Lipinski definition) is 1. The zero-order chi connectivity index (χ0) is 15.5. The van der Waals surface area contributed by atoms with Crippen LogP contribution >= 0.6 is 23.2 Å². The standard InChI is InChI=1S/C17H12Cl2N2O/c18-13-5-8-15(19)16(11-13)20-17(22)12-3-6-14(7-4-12)21-9-1-2-10-21/h1-11H,(H,20,22). The summed E-state index contributed by atoms with van der Waals surface area (Å²) in [7, 11) is 0. The van der Waals surface area contributed by atoms with Crippen molar-refractivity contribution in [2.24, 2.45) is 0 Å². The van der Waals surface area contributed by atoms with Gasteiger partial charge < -0.3 is 9.88 Å². The molecule has 1 amide bonds. The molecule has 3 rings (SSSR count). The van der Waals surface area contributed by atoms with Gasteiger partial charge in [0.25, 0.3) is 5.91 Å². The Hall–Kier alpha value is -2.23. The molecule has 22 heavy (non-hydrogen) atoms. The topological polar surface area (TPSA) is 34.0 Å². The lowest BCUT2D eigenvalue weighted by Gasteiger charge is -2.09. The van der Waals surface area contributed by atoms with Crippen LogP contribution in [0.1, 0.15) is 10.4 Å². The number of rotatable bonds is 3. The van der Waals surface area contributed by atoms with Crippen molar-refractivity contribution >= 4 is 34.8 Å². The summed E-state index contributed by atoms with van der Waals surface area (Å²) < 4.78 is 1.97. The zero-order valence-corrected chi connectivity index (χ0v) is 13.0. The second-order valence-corrected chi connectivity index (χ2v) is 5.56. The molecule has 0 atom stereocenters. The number of carbonyl (C=O) groups excluding carboxylic acids is 1. The highest BCUT2D eigenvalue weighted by Gasteiger charge is 2.09. The van der Waals surface area contributed by atoms with Gasteiger partial charge in [-0.1, -0.05) is 23.2 Å². The highest BCUT2D eigenvalue weighted by Crippen LogP contribution is 2.26. The van der Waals surface area contributed by atoms with Gasteiger partial charge in [0.15, 0.2) is 0 Å². The monoisotopic (exact) mass is 330 g/mol. The van der Waals surface area contributed by atoms with Crippen LogP contribution in [0.2, 0.25) is 10.0 Å². The van der Waals surface area contributed by atoms with Crippen molar-refractivity contribution in [3.05, 3.63) is 82.6 Å². The van der Waals surface area contributed by atoms with Crippen molar-refractivity contribution in [3.63, 3.8) is 0 Å². The Balaban J connectivity index is 1.79. The highest BCUT2D eigenvalue weighted by molar-refractivity contribution is 6.35. The van der Waals surface area contributed by atoms with Gasteiger partial charge in [-0.15, -0.1) is 0 Å². The largest absolute Gasteiger partial charge is 0.324 e. The lowest BCUT2D eigenvalue weighted by Crippen LogP contribution is -2.12. The summed E-state index contributed by atoms with van der Waals surface area (Å²) in [5, 5.41) is 3.72. The van der Waals surface area contributed by atoms with E-state index in [0.29, 0.717) is 21.3 Å². The van der Waals surface area contributed by atoms with Crippen LogP contribution in [0.5, 0.6) is 0 Å². The van der Waals surface area contributed by atoms with Crippen molar-refractivity contribution in [1.29, 1.82) is 0 Å². The van der Waals surface area contributed by atoms with E-state index in [1.165, 1.54) is 0 Å². The third-order valence-corrected chi connectivity index (χ3v) is 3.77. The van der Waals surface area contributed by atoms with Crippen LogP contribution in [-0.4, -0.2) is 10.5 Å². The van der Waals surface area contributed by atoms with Gasteiger partial charge in [-0.3, -0.25) is 4.79 Å². The molecule has 0 radical (unpaired) electrons. The average Bonchev–Trinajstić information content (AvgIpc) is 3.05. The number of aromatic nitrogens is 1. The highest BCUT2D eigenvalue weighted by atomic mass is 35.5. The maximum Gasteiger partial charge on any atom is 0.255 e. The number of amides is 1. The summed E-state index contributed by atoms with van der Waals surface area (Å²) in [6.07, 6.45) is 3.89. The van der Waals surface area contributed by atoms with Crippen LogP contribution in [0.15, 0.2) is 67.0 Å². The van der Waals surface area contributed by atoms with Gasteiger partial charge in [0.1, 0.15) is 0 Å². The van der Waals surface area contributed by atoms with E-state index in [1.54, 1.807) is 30.3 Å².